The molecule has 0 aliphatic heterocycles. The average Bonchev–Trinajstić information content (AvgIpc) is 3.10. The van der Waals surface area contributed by atoms with E-state index in [4.69, 9.17) is 4.74 Å². The van der Waals surface area contributed by atoms with Crippen molar-refractivity contribution in [3.63, 3.8) is 0 Å². The third kappa shape index (κ3) is 4.45. The Balaban J connectivity index is 1.53. The van der Waals surface area contributed by atoms with E-state index in [1.54, 1.807) is 7.11 Å². The maximum atomic E-state index is 12.1. The molecular formula is C18H18BrN5O2. The maximum Gasteiger partial charge on any atom is 0.243 e. The summed E-state index contributed by atoms with van der Waals surface area (Å²) in [4.78, 5) is 13.4. The first-order valence-corrected chi connectivity index (χ1v) is 8.88. The van der Waals surface area contributed by atoms with Gasteiger partial charge in [-0.25, -0.2) is 0 Å². The summed E-state index contributed by atoms with van der Waals surface area (Å²) in [6.45, 7) is 0.522. The van der Waals surface area contributed by atoms with E-state index in [0.29, 0.717) is 18.8 Å². The van der Waals surface area contributed by atoms with Gasteiger partial charge in [-0.2, -0.15) is 4.80 Å². The molecule has 26 heavy (non-hydrogen) atoms. The molecule has 1 aromatic heterocycles. The van der Waals surface area contributed by atoms with Crippen LogP contribution < -0.4 is 10.1 Å². The normalized spacial score (nSPS) is 10.5. The smallest absolute Gasteiger partial charge is 0.243 e. The highest BCUT2D eigenvalue weighted by molar-refractivity contribution is 9.10. The number of hydrogen-bond acceptors (Lipinski definition) is 5. The zero-order valence-electron chi connectivity index (χ0n) is 14.2. The predicted molar refractivity (Wildman–Crippen MR) is 101 cm³/mol. The Kier molecular flexibility index (Phi) is 5.96. The minimum atomic E-state index is -0.170. The van der Waals surface area contributed by atoms with Crippen LogP contribution in [0.2, 0.25) is 0 Å². The Labute approximate surface area is 159 Å². The molecule has 134 valence electrons. The molecule has 0 aliphatic carbocycles. The Morgan fingerprint density at radius 1 is 1.19 bits per heavy atom. The number of para-hydroxylation sites is 1. The van der Waals surface area contributed by atoms with Crippen molar-refractivity contribution in [1.29, 1.82) is 0 Å². The average molecular weight is 416 g/mol. The van der Waals surface area contributed by atoms with Gasteiger partial charge in [0.15, 0.2) is 0 Å². The molecule has 0 unspecified atom stereocenters. The maximum absolute atomic E-state index is 12.1. The molecule has 0 saturated heterocycles. The highest BCUT2D eigenvalue weighted by Gasteiger charge is 2.11. The van der Waals surface area contributed by atoms with E-state index in [2.05, 4.69) is 36.7 Å². The summed E-state index contributed by atoms with van der Waals surface area (Å²) < 4.78 is 6.18. The standard InChI is InChI=1S/C18H18BrN5O2/c1-26-16-9-5-2-6-13(16)10-11-20-17(25)12-24-22-18(21-23-24)14-7-3-4-8-15(14)19/h2-9H,10-12H2,1H3,(H,20,25). The molecule has 1 N–H and O–H groups in total. The zero-order valence-corrected chi connectivity index (χ0v) is 15.8. The minimum Gasteiger partial charge on any atom is -0.496 e. The van der Waals surface area contributed by atoms with Crippen molar-refractivity contribution in [2.75, 3.05) is 13.7 Å². The van der Waals surface area contributed by atoms with Crippen molar-refractivity contribution < 1.29 is 9.53 Å². The number of halogens is 1. The number of aromatic nitrogens is 4. The highest BCUT2D eigenvalue weighted by Crippen LogP contribution is 2.24. The topological polar surface area (TPSA) is 81.9 Å². The van der Waals surface area contributed by atoms with Crippen molar-refractivity contribution in [2.24, 2.45) is 0 Å². The van der Waals surface area contributed by atoms with Crippen LogP contribution in [0, 0.1) is 0 Å². The molecule has 8 heteroatoms. The summed E-state index contributed by atoms with van der Waals surface area (Å²) in [5.74, 6) is 1.12. The quantitative estimate of drug-likeness (QED) is 0.640. The molecule has 0 spiro atoms. The van der Waals surface area contributed by atoms with Crippen LogP contribution in [0.5, 0.6) is 5.75 Å². The lowest BCUT2D eigenvalue weighted by molar-refractivity contribution is -0.122. The van der Waals surface area contributed by atoms with E-state index >= 15 is 0 Å². The second-order valence-electron chi connectivity index (χ2n) is 5.54. The number of nitrogens with zero attached hydrogens (tertiary/aromatic N) is 4. The first-order chi connectivity index (χ1) is 12.7. The number of carbonyl (C=O) groups excluding carboxylic acids is 1. The van der Waals surface area contributed by atoms with Gasteiger partial charge < -0.3 is 10.1 Å². The van der Waals surface area contributed by atoms with Gasteiger partial charge in [-0.05, 0) is 35.4 Å². The lowest BCUT2D eigenvalue weighted by atomic mass is 10.1. The van der Waals surface area contributed by atoms with Gasteiger partial charge >= 0.3 is 0 Å². The van der Waals surface area contributed by atoms with Crippen LogP contribution in [-0.4, -0.2) is 39.8 Å². The first-order valence-electron chi connectivity index (χ1n) is 8.08. The van der Waals surface area contributed by atoms with Gasteiger partial charge in [-0.3, -0.25) is 4.79 Å². The zero-order chi connectivity index (χ0) is 18.4. The Hall–Kier alpha value is -2.74. The van der Waals surface area contributed by atoms with Gasteiger partial charge in [-0.15, -0.1) is 10.2 Å². The lowest BCUT2D eigenvalue weighted by Gasteiger charge is -2.08. The summed E-state index contributed by atoms with van der Waals surface area (Å²) in [6.07, 6.45) is 0.683. The second kappa shape index (κ2) is 8.57. The second-order valence-corrected chi connectivity index (χ2v) is 6.39. The van der Waals surface area contributed by atoms with Crippen molar-refractivity contribution in [3.05, 3.63) is 58.6 Å². The predicted octanol–water partition coefficient (Wildman–Crippen LogP) is 2.47. The lowest BCUT2D eigenvalue weighted by Crippen LogP contribution is -2.30. The summed E-state index contributed by atoms with van der Waals surface area (Å²) in [5.41, 5.74) is 1.88. The fourth-order valence-electron chi connectivity index (χ4n) is 2.49. The van der Waals surface area contributed by atoms with Crippen LogP contribution in [0.3, 0.4) is 0 Å². The number of rotatable bonds is 7. The molecule has 0 saturated carbocycles. The summed E-state index contributed by atoms with van der Waals surface area (Å²) in [5, 5.41) is 15.1. The number of ether oxygens (including phenoxy) is 1. The fraction of sp³-hybridized carbons (Fsp3) is 0.222. The SMILES string of the molecule is COc1ccccc1CCNC(=O)Cn1nnc(-c2ccccc2Br)n1. The molecule has 0 atom stereocenters. The van der Waals surface area contributed by atoms with E-state index < -0.39 is 0 Å². The van der Waals surface area contributed by atoms with Crippen LogP contribution in [-0.2, 0) is 17.8 Å². The van der Waals surface area contributed by atoms with Gasteiger partial charge in [0.2, 0.25) is 11.7 Å². The Morgan fingerprint density at radius 2 is 1.96 bits per heavy atom. The minimum absolute atomic E-state index is 0.0172. The molecule has 0 fully saturated rings. The molecule has 0 aliphatic rings. The first kappa shape index (κ1) is 18.1. The van der Waals surface area contributed by atoms with E-state index in [9.17, 15) is 4.79 Å². The van der Waals surface area contributed by atoms with Gasteiger partial charge in [0.1, 0.15) is 12.3 Å². The molecule has 3 rings (SSSR count). The molecule has 3 aromatic rings. The number of nitrogens with one attached hydrogen (secondary N) is 1. The third-order valence-corrected chi connectivity index (χ3v) is 4.45. The molecule has 2 aromatic carbocycles. The van der Waals surface area contributed by atoms with E-state index in [0.717, 1.165) is 21.3 Å². The van der Waals surface area contributed by atoms with E-state index in [1.165, 1.54) is 4.80 Å². The number of carbonyl (C=O) groups is 1. The van der Waals surface area contributed by atoms with E-state index in [1.807, 2.05) is 48.5 Å². The molecular weight excluding hydrogens is 398 g/mol. The third-order valence-electron chi connectivity index (χ3n) is 3.76. The van der Waals surface area contributed by atoms with Crippen LogP contribution in [0.25, 0.3) is 11.4 Å². The summed E-state index contributed by atoms with van der Waals surface area (Å²) >= 11 is 3.45. The van der Waals surface area contributed by atoms with Crippen molar-refractivity contribution in [3.8, 4) is 17.1 Å². The van der Waals surface area contributed by atoms with E-state index in [-0.39, 0.29) is 12.5 Å². The van der Waals surface area contributed by atoms with Crippen LogP contribution in [0.1, 0.15) is 5.56 Å². The number of amides is 1. The van der Waals surface area contributed by atoms with Crippen molar-refractivity contribution >= 4 is 21.8 Å². The van der Waals surface area contributed by atoms with Crippen molar-refractivity contribution in [1.82, 2.24) is 25.5 Å². The largest absolute Gasteiger partial charge is 0.496 e. The van der Waals surface area contributed by atoms with Crippen LogP contribution in [0.4, 0.5) is 0 Å². The summed E-state index contributed by atoms with van der Waals surface area (Å²) in [7, 11) is 1.64. The van der Waals surface area contributed by atoms with Gasteiger partial charge in [-0.1, -0.05) is 46.3 Å². The molecule has 0 radical (unpaired) electrons. The van der Waals surface area contributed by atoms with Crippen LogP contribution in [0.15, 0.2) is 53.0 Å². The number of benzene rings is 2. The number of methoxy groups -OCH3 is 1. The number of hydrogen-bond donors (Lipinski definition) is 1. The Bertz CT molecular complexity index is 897. The van der Waals surface area contributed by atoms with Crippen molar-refractivity contribution in [2.45, 2.75) is 13.0 Å². The van der Waals surface area contributed by atoms with Gasteiger partial charge in [0.05, 0.1) is 7.11 Å². The Morgan fingerprint density at radius 3 is 2.77 bits per heavy atom. The van der Waals surface area contributed by atoms with Gasteiger partial charge in [0.25, 0.3) is 0 Å². The fourth-order valence-corrected chi connectivity index (χ4v) is 2.95. The highest BCUT2D eigenvalue weighted by atomic mass is 79.9. The monoisotopic (exact) mass is 415 g/mol. The van der Waals surface area contributed by atoms with Crippen LogP contribution >= 0.6 is 15.9 Å². The van der Waals surface area contributed by atoms with Gasteiger partial charge in [0, 0.05) is 16.6 Å². The molecule has 0 bridgehead atoms. The molecule has 1 heterocycles. The summed E-state index contributed by atoms with van der Waals surface area (Å²) in [6, 6.07) is 15.3. The molecule has 1 amide bonds. The number of tetrazole rings is 1. The molecule has 7 nitrogen and oxygen atoms in total.